The number of alkyl halides is 3. The van der Waals surface area contributed by atoms with E-state index in [0.29, 0.717) is 17.9 Å². The topological polar surface area (TPSA) is 66.0 Å². The number of anilines is 4. The number of methoxy groups -OCH3 is 1. The molecule has 0 radical (unpaired) electrons. The van der Waals surface area contributed by atoms with Crippen LogP contribution in [-0.2, 0) is 11.0 Å². The number of nitrogens with one attached hydrogen (secondary N) is 1. The molecule has 0 bridgehead atoms. The number of rotatable bonds is 6. The Hall–Kier alpha value is -3.57. The predicted molar refractivity (Wildman–Crippen MR) is 135 cm³/mol. The standard InChI is InChI=1S/C26H29F3N6O2/c1-33-11-13-34(14-12-33)22-9-8-19(16-23(22)36-2)31-25-30-17-20(26(27,28)29)24(32-25)35-21(10-15-37-35)18-6-4-3-5-7-18/h3-9,16-17,21H,10-15H2,1-2H3,(H,30,31,32)/t21-/m0/s1. The molecule has 2 aromatic carbocycles. The van der Waals surface area contributed by atoms with Gasteiger partial charge in [-0.05, 0) is 24.7 Å². The Bertz CT molecular complexity index is 1220. The SMILES string of the molecule is COc1cc(Nc2ncc(C(F)(F)F)c(N3OCC[C@H]3c3ccccc3)n2)ccc1N1CCN(C)CC1. The molecule has 37 heavy (non-hydrogen) atoms. The van der Waals surface area contributed by atoms with Gasteiger partial charge in [0.15, 0.2) is 5.82 Å². The zero-order valence-electron chi connectivity index (χ0n) is 20.7. The van der Waals surface area contributed by atoms with Crippen LogP contribution in [0.4, 0.5) is 36.3 Å². The maximum Gasteiger partial charge on any atom is 0.421 e. The summed E-state index contributed by atoms with van der Waals surface area (Å²) >= 11 is 0. The van der Waals surface area contributed by atoms with Gasteiger partial charge in [-0.1, -0.05) is 30.3 Å². The first-order valence-corrected chi connectivity index (χ1v) is 12.1. The Labute approximate surface area is 213 Å². The summed E-state index contributed by atoms with van der Waals surface area (Å²) in [5, 5.41) is 4.29. The third-order valence-corrected chi connectivity index (χ3v) is 6.65. The van der Waals surface area contributed by atoms with Crippen molar-refractivity contribution in [3.05, 3.63) is 65.9 Å². The van der Waals surface area contributed by atoms with Crippen molar-refractivity contribution in [3.63, 3.8) is 0 Å². The Balaban J connectivity index is 1.44. The molecular weight excluding hydrogens is 485 g/mol. The number of hydrogen-bond donors (Lipinski definition) is 1. The van der Waals surface area contributed by atoms with Crippen LogP contribution in [0.3, 0.4) is 0 Å². The normalized spacial score (nSPS) is 18.8. The molecule has 2 aliphatic rings. The van der Waals surface area contributed by atoms with Crippen LogP contribution in [0.2, 0.25) is 0 Å². The molecule has 5 rings (SSSR count). The van der Waals surface area contributed by atoms with E-state index in [-0.39, 0.29) is 18.4 Å². The summed E-state index contributed by atoms with van der Waals surface area (Å²) in [5.74, 6) is 0.366. The number of halogens is 3. The van der Waals surface area contributed by atoms with Gasteiger partial charge in [0.1, 0.15) is 11.3 Å². The molecule has 2 fully saturated rings. The Morgan fingerprint density at radius 1 is 1.05 bits per heavy atom. The molecule has 11 heteroatoms. The second-order valence-corrected chi connectivity index (χ2v) is 9.10. The number of likely N-dealkylation sites (N-methyl/N-ethyl adjacent to an activating group) is 1. The van der Waals surface area contributed by atoms with Crippen molar-refractivity contribution in [2.45, 2.75) is 18.6 Å². The van der Waals surface area contributed by atoms with Gasteiger partial charge in [-0.2, -0.15) is 18.2 Å². The summed E-state index contributed by atoms with van der Waals surface area (Å²) in [6.45, 7) is 3.95. The minimum Gasteiger partial charge on any atom is -0.495 e. The van der Waals surface area contributed by atoms with E-state index < -0.39 is 17.8 Å². The summed E-state index contributed by atoms with van der Waals surface area (Å²) in [4.78, 5) is 18.4. The average molecular weight is 515 g/mol. The maximum absolute atomic E-state index is 13.9. The van der Waals surface area contributed by atoms with Gasteiger partial charge in [0.2, 0.25) is 5.95 Å². The van der Waals surface area contributed by atoms with Crippen molar-refractivity contribution >= 4 is 23.1 Å². The number of piperazine rings is 1. The van der Waals surface area contributed by atoms with Crippen LogP contribution < -0.4 is 20.0 Å². The smallest absolute Gasteiger partial charge is 0.421 e. The monoisotopic (exact) mass is 514 g/mol. The van der Waals surface area contributed by atoms with Gasteiger partial charge in [0, 0.05) is 50.6 Å². The van der Waals surface area contributed by atoms with Crippen molar-refractivity contribution in [2.24, 2.45) is 0 Å². The van der Waals surface area contributed by atoms with Gasteiger partial charge in [0.05, 0.1) is 25.4 Å². The largest absolute Gasteiger partial charge is 0.495 e. The van der Waals surface area contributed by atoms with Crippen LogP contribution in [0.25, 0.3) is 0 Å². The van der Waals surface area contributed by atoms with Crippen LogP contribution >= 0.6 is 0 Å². The van der Waals surface area contributed by atoms with Gasteiger partial charge in [0.25, 0.3) is 0 Å². The molecule has 0 amide bonds. The first-order chi connectivity index (χ1) is 17.8. The Kier molecular flexibility index (Phi) is 7.07. The molecule has 0 unspecified atom stereocenters. The molecule has 1 aromatic heterocycles. The minimum absolute atomic E-state index is 0.0275. The summed E-state index contributed by atoms with van der Waals surface area (Å²) in [5.41, 5.74) is 1.46. The molecule has 0 saturated carbocycles. The molecule has 3 heterocycles. The lowest BCUT2D eigenvalue weighted by Crippen LogP contribution is -2.44. The van der Waals surface area contributed by atoms with Gasteiger partial charge >= 0.3 is 6.18 Å². The third-order valence-electron chi connectivity index (χ3n) is 6.65. The highest BCUT2D eigenvalue weighted by Gasteiger charge is 2.40. The highest BCUT2D eigenvalue weighted by atomic mass is 19.4. The number of nitrogens with zero attached hydrogens (tertiary/aromatic N) is 5. The number of hydrogen-bond acceptors (Lipinski definition) is 8. The van der Waals surface area contributed by atoms with Crippen molar-refractivity contribution in [2.75, 3.05) is 62.2 Å². The minimum atomic E-state index is -4.64. The van der Waals surface area contributed by atoms with Crippen molar-refractivity contribution in [1.29, 1.82) is 0 Å². The van der Waals surface area contributed by atoms with Crippen LogP contribution in [-0.4, -0.2) is 61.8 Å². The van der Waals surface area contributed by atoms with E-state index in [4.69, 9.17) is 9.57 Å². The van der Waals surface area contributed by atoms with E-state index >= 15 is 0 Å². The van der Waals surface area contributed by atoms with Gasteiger partial charge in [-0.25, -0.2) is 10.0 Å². The Morgan fingerprint density at radius 2 is 1.81 bits per heavy atom. The van der Waals surface area contributed by atoms with Crippen molar-refractivity contribution in [3.8, 4) is 5.75 Å². The van der Waals surface area contributed by atoms with Gasteiger partial charge in [-0.3, -0.25) is 4.84 Å². The Morgan fingerprint density at radius 3 is 2.51 bits per heavy atom. The molecule has 196 valence electrons. The fourth-order valence-electron chi connectivity index (χ4n) is 4.65. The number of benzene rings is 2. The van der Waals surface area contributed by atoms with Crippen molar-refractivity contribution < 1.29 is 22.7 Å². The molecule has 1 N–H and O–H groups in total. The second kappa shape index (κ2) is 10.4. The van der Waals surface area contributed by atoms with E-state index in [0.717, 1.165) is 43.6 Å². The van der Waals surface area contributed by atoms with Crippen LogP contribution in [0.1, 0.15) is 23.6 Å². The van der Waals surface area contributed by atoms with E-state index in [9.17, 15) is 13.2 Å². The number of ether oxygens (including phenoxy) is 1. The van der Waals surface area contributed by atoms with Crippen molar-refractivity contribution in [1.82, 2.24) is 14.9 Å². The quantitative estimate of drug-likeness (QED) is 0.499. The van der Waals surface area contributed by atoms with Gasteiger partial charge < -0.3 is 19.9 Å². The fourth-order valence-corrected chi connectivity index (χ4v) is 4.65. The summed E-state index contributed by atoms with van der Waals surface area (Å²) in [6, 6.07) is 14.5. The highest BCUT2D eigenvalue weighted by Crippen LogP contribution is 2.42. The van der Waals surface area contributed by atoms with Gasteiger partial charge in [-0.15, -0.1) is 0 Å². The second-order valence-electron chi connectivity index (χ2n) is 9.10. The zero-order chi connectivity index (χ0) is 26.0. The average Bonchev–Trinajstić information content (AvgIpc) is 3.39. The summed E-state index contributed by atoms with van der Waals surface area (Å²) < 4.78 is 47.4. The molecule has 0 aliphatic carbocycles. The fraction of sp³-hybridized carbons (Fsp3) is 0.385. The molecule has 2 saturated heterocycles. The molecule has 3 aromatic rings. The van der Waals surface area contributed by atoms with Crippen LogP contribution in [0.5, 0.6) is 5.75 Å². The zero-order valence-corrected chi connectivity index (χ0v) is 20.7. The number of aromatic nitrogens is 2. The number of hydroxylamine groups is 1. The van der Waals surface area contributed by atoms with E-state index in [1.54, 1.807) is 13.2 Å². The lowest BCUT2D eigenvalue weighted by atomic mass is 10.0. The predicted octanol–water partition coefficient (Wildman–Crippen LogP) is 4.88. The van der Waals surface area contributed by atoms with Crippen LogP contribution in [0, 0.1) is 0 Å². The molecular formula is C26H29F3N6O2. The molecule has 2 aliphatic heterocycles. The highest BCUT2D eigenvalue weighted by molar-refractivity contribution is 5.68. The first-order valence-electron chi connectivity index (χ1n) is 12.1. The molecule has 8 nitrogen and oxygen atoms in total. The molecule has 1 atom stereocenters. The third kappa shape index (κ3) is 5.42. The van der Waals surface area contributed by atoms with Crippen LogP contribution in [0.15, 0.2) is 54.7 Å². The summed E-state index contributed by atoms with van der Waals surface area (Å²) in [6.07, 6.45) is -3.31. The van der Waals surface area contributed by atoms with E-state index in [1.165, 1.54) is 5.06 Å². The summed E-state index contributed by atoms with van der Waals surface area (Å²) in [7, 11) is 3.69. The molecule has 0 spiro atoms. The lowest BCUT2D eigenvalue weighted by Gasteiger charge is -2.34. The first kappa shape index (κ1) is 25.1. The maximum atomic E-state index is 13.9. The van der Waals surface area contributed by atoms with E-state index in [1.807, 2.05) is 42.5 Å². The van der Waals surface area contributed by atoms with E-state index in [2.05, 4.69) is 32.1 Å². The lowest BCUT2D eigenvalue weighted by molar-refractivity contribution is -0.138.